The monoisotopic (exact) mass is 297 g/mol. The van der Waals surface area contributed by atoms with Gasteiger partial charge in [-0.1, -0.05) is 40.2 Å². The third-order valence-corrected chi connectivity index (χ3v) is 3.83. The van der Waals surface area contributed by atoms with E-state index in [1.165, 1.54) is 18.2 Å². The molecule has 4 heteroatoms. The summed E-state index contributed by atoms with van der Waals surface area (Å²) in [5.74, 6) is 0.357. The average molecular weight is 298 g/mol. The fraction of sp³-hybridized carbons (Fsp3) is 0.462. The lowest BCUT2D eigenvalue weighted by molar-refractivity contribution is -0.139. The number of methoxy groups -OCH3 is 1. The Morgan fingerprint density at radius 3 is 3.06 bits per heavy atom. The number of fused-ring (bicyclic) bond motifs is 1. The summed E-state index contributed by atoms with van der Waals surface area (Å²) >= 11 is 3.29. The van der Waals surface area contributed by atoms with Gasteiger partial charge in [0, 0.05) is 19.0 Å². The number of esters is 1. The fourth-order valence-corrected chi connectivity index (χ4v) is 2.56. The lowest BCUT2D eigenvalue weighted by Gasteiger charge is -2.30. The van der Waals surface area contributed by atoms with Crippen molar-refractivity contribution in [2.24, 2.45) is 0 Å². The van der Waals surface area contributed by atoms with Crippen LogP contribution in [0.5, 0.6) is 0 Å². The number of carbonyl (C=O) groups excluding carboxylic acids is 1. The Kier molecular flexibility index (Phi) is 4.18. The summed E-state index contributed by atoms with van der Waals surface area (Å²) < 4.78 is 4.64. The number of benzene rings is 1. The molecule has 0 saturated carbocycles. The van der Waals surface area contributed by atoms with Gasteiger partial charge in [-0.15, -0.1) is 0 Å². The second-order valence-corrected chi connectivity index (χ2v) is 5.35. The molecule has 0 heterocycles. The standard InChI is InChI=1S/C13H16BrNO2/c1-17-13(16)12(14)8-15-7-10-6-9-4-2-3-5-11(9)10/h2-5,10,12,15H,6-8H2,1H3. The van der Waals surface area contributed by atoms with Crippen LogP contribution in [0.4, 0.5) is 0 Å². The van der Waals surface area contributed by atoms with E-state index >= 15 is 0 Å². The van der Waals surface area contributed by atoms with E-state index in [0.717, 1.165) is 13.0 Å². The van der Waals surface area contributed by atoms with E-state index in [1.807, 2.05) is 0 Å². The molecule has 0 bridgehead atoms. The Labute approximate surface area is 110 Å². The van der Waals surface area contributed by atoms with Crippen molar-refractivity contribution in [1.29, 1.82) is 0 Å². The fourth-order valence-electron chi connectivity index (χ4n) is 2.14. The predicted molar refractivity (Wildman–Crippen MR) is 70.5 cm³/mol. The molecule has 1 aliphatic carbocycles. The first-order valence-electron chi connectivity index (χ1n) is 5.72. The lowest BCUT2D eigenvalue weighted by Crippen LogP contribution is -2.35. The summed E-state index contributed by atoms with van der Waals surface area (Å²) in [5.41, 5.74) is 2.88. The third-order valence-electron chi connectivity index (χ3n) is 3.13. The highest BCUT2D eigenvalue weighted by Gasteiger charge is 2.25. The summed E-state index contributed by atoms with van der Waals surface area (Å²) in [4.78, 5) is 10.9. The van der Waals surface area contributed by atoms with Gasteiger partial charge in [0.25, 0.3) is 0 Å². The molecule has 2 unspecified atom stereocenters. The molecule has 0 saturated heterocycles. The van der Waals surface area contributed by atoms with Crippen molar-refractivity contribution in [1.82, 2.24) is 5.32 Å². The molecule has 2 rings (SSSR count). The third kappa shape index (κ3) is 2.87. The molecule has 3 nitrogen and oxygen atoms in total. The molecule has 0 fully saturated rings. The zero-order chi connectivity index (χ0) is 12.3. The highest BCUT2D eigenvalue weighted by atomic mass is 79.9. The number of ether oxygens (including phenoxy) is 1. The van der Waals surface area contributed by atoms with Crippen molar-refractivity contribution in [2.45, 2.75) is 17.2 Å². The van der Waals surface area contributed by atoms with E-state index in [1.54, 1.807) is 0 Å². The van der Waals surface area contributed by atoms with Gasteiger partial charge in [-0.2, -0.15) is 0 Å². The molecule has 92 valence electrons. The number of rotatable bonds is 5. The molecule has 0 aromatic heterocycles. The van der Waals surface area contributed by atoms with Crippen molar-refractivity contribution < 1.29 is 9.53 Å². The minimum absolute atomic E-state index is 0.230. The summed E-state index contributed by atoms with van der Waals surface area (Å²) in [6, 6.07) is 8.51. The van der Waals surface area contributed by atoms with Gasteiger partial charge in [0.05, 0.1) is 7.11 Å². The van der Waals surface area contributed by atoms with Crippen LogP contribution in [0.1, 0.15) is 17.0 Å². The van der Waals surface area contributed by atoms with Gasteiger partial charge in [-0.3, -0.25) is 4.79 Å². The van der Waals surface area contributed by atoms with Crippen LogP contribution in [0.2, 0.25) is 0 Å². The maximum Gasteiger partial charge on any atom is 0.320 e. The number of alkyl halides is 1. The van der Waals surface area contributed by atoms with Crippen molar-refractivity contribution in [3.8, 4) is 0 Å². The van der Waals surface area contributed by atoms with E-state index in [-0.39, 0.29) is 10.8 Å². The van der Waals surface area contributed by atoms with E-state index in [2.05, 4.69) is 50.2 Å². The first kappa shape index (κ1) is 12.6. The van der Waals surface area contributed by atoms with Gasteiger partial charge in [-0.05, 0) is 17.5 Å². The predicted octanol–water partition coefficient (Wildman–Crippen LogP) is 1.85. The summed E-state index contributed by atoms with van der Waals surface area (Å²) in [7, 11) is 1.40. The van der Waals surface area contributed by atoms with Crippen LogP contribution in [0.25, 0.3) is 0 Å². The molecule has 0 radical (unpaired) electrons. The summed E-state index contributed by atoms with van der Waals surface area (Å²) in [6.45, 7) is 1.52. The molecule has 1 N–H and O–H groups in total. The molecular weight excluding hydrogens is 282 g/mol. The molecule has 0 aliphatic heterocycles. The van der Waals surface area contributed by atoms with Crippen LogP contribution in [-0.2, 0) is 16.0 Å². The van der Waals surface area contributed by atoms with Crippen LogP contribution in [-0.4, -0.2) is 31.0 Å². The van der Waals surface area contributed by atoms with E-state index in [0.29, 0.717) is 12.5 Å². The molecule has 1 aromatic rings. The van der Waals surface area contributed by atoms with E-state index in [9.17, 15) is 4.79 Å². The number of nitrogens with one attached hydrogen (secondary N) is 1. The van der Waals surface area contributed by atoms with E-state index < -0.39 is 0 Å². The SMILES string of the molecule is COC(=O)C(Br)CNCC1Cc2ccccc21. The number of halogens is 1. The van der Waals surface area contributed by atoms with Crippen LogP contribution in [0.3, 0.4) is 0 Å². The average Bonchev–Trinajstić information content (AvgIpc) is 2.33. The molecule has 1 aliphatic rings. The Hall–Kier alpha value is -0.870. The van der Waals surface area contributed by atoms with Crippen molar-refractivity contribution in [2.75, 3.05) is 20.2 Å². The Balaban J connectivity index is 1.73. The minimum atomic E-state index is -0.261. The largest absolute Gasteiger partial charge is 0.468 e. The van der Waals surface area contributed by atoms with E-state index in [4.69, 9.17) is 0 Å². The second-order valence-electron chi connectivity index (χ2n) is 4.25. The maximum absolute atomic E-state index is 11.2. The molecule has 0 amide bonds. The minimum Gasteiger partial charge on any atom is -0.468 e. The molecule has 1 aromatic carbocycles. The van der Waals surface area contributed by atoms with Gasteiger partial charge in [0.15, 0.2) is 0 Å². The van der Waals surface area contributed by atoms with Gasteiger partial charge in [0.2, 0.25) is 0 Å². The van der Waals surface area contributed by atoms with Crippen molar-refractivity contribution in [3.63, 3.8) is 0 Å². The lowest BCUT2D eigenvalue weighted by atomic mass is 9.77. The van der Waals surface area contributed by atoms with Crippen LogP contribution >= 0.6 is 15.9 Å². The zero-order valence-electron chi connectivity index (χ0n) is 9.78. The van der Waals surface area contributed by atoms with Gasteiger partial charge in [0.1, 0.15) is 4.83 Å². The number of carbonyl (C=O) groups is 1. The first-order chi connectivity index (χ1) is 8.22. The van der Waals surface area contributed by atoms with Crippen molar-refractivity contribution in [3.05, 3.63) is 35.4 Å². The first-order valence-corrected chi connectivity index (χ1v) is 6.64. The zero-order valence-corrected chi connectivity index (χ0v) is 11.4. The Morgan fingerprint density at radius 1 is 1.59 bits per heavy atom. The number of hydrogen-bond acceptors (Lipinski definition) is 3. The Bertz CT molecular complexity index is 408. The number of hydrogen-bond donors (Lipinski definition) is 1. The topological polar surface area (TPSA) is 38.3 Å². The summed E-state index contributed by atoms with van der Waals surface area (Å²) in [6.07, 6.45) is 1.13. The normalized spacial score (nSPS) is 19.1. The maximum atomic E-state index is 11.2. The van der Waals surface area contributed by atoms with Gasteiger partial charge in [-0.25, -0.2) is 0 Å². The van der Waals surface area contributed by atoms with Gasteiger partial charge >= 0.3 is 5.97 Å². The quantitative estimate of drug-likeness (QED) is 0.666. The highest BCUT2D eigenvalue weighted by molar-refractivity contribution is 9.10. The Morgan fingerprint density at radius 2 is 2.35 bits per heavy atom. The van der Waals surface area contributed by atoms with Crippen molar-refractivity contribution >= 4 is 21.9 Å². The summed E-state index contributed by atoms with van der Waals surface area (Å²) in [5, 5.41) is 3.30. The second kappa shape index (κ2) is 5.65. The smallest absolute Gasteiger partial charge is 0.320 e. The van der Waals surface area contributed by atoms with Gasteiger partial charge < -0.3 is 10.1 Å². The molecular formula is C13H16BrNO2. The molecule has 0 spiro atoms. The highest BCUT2D eigenvalue weighted by Crippen LogP contribution is 2.33. The van der Waals surface area contributed by atoms with Crippen LogP contribution in [0.15, 0.2) is 24.3 Å². The van der Waals surface area contributed by atoms with Crippen LogP contribution in [0, 0.1) is 0 Å². The van der Waals surface area contributed by atoms with Crippen LogP contribution < -0.4 is 5.32 Å². The molecule has 17 heavy (non-hydrogen) atoms. The molecule has 2 atom stereocenters.